The van der Waals surface area contributed by atoms with E-state index in [2.05, 4.69) is 69.0 Å². The Hall–Kier alpha value is -1.10. The van der Waals surface area contributed by atoms with E-state index in [-0.39, 0.29) is 6.10 Å². The van der Waals surface area contributed by atoms with Gasteiger partial charge in [0.05, 0.1) is 6.04 Å². The maximum absolute atomic E-state index is 6.29. The zero-order valence-corrected chi connectivity index (χ0v) is 13.9. The molecular weight excluding hydrogens is 262 g/mol. The molecule has 3 N–H and O–H groups in total. The van der Waals surface area contributed by atoms with Crippen LogP contribution in [-0.4, -0.2) is 31.3 Å². The molecule has 118 valence electrons. The third-order valence-electron chi connectivity index (χ3n) is 4.43. The quantitative estimate of drug-likeness (QED) is 0.751. The highest BCUT2D eigenvalue weighted by molar-refractivity contribution is 5.39. The molecule has 4 atom stereocenters. The zero-order valence-electron chi connectivity index (χ0n) is 13.9. The molecule has 1 aromatic carbocycles. The molecule has 0 bridgehead atoms. The van der Waals surface area contributed by atoms with Gasteiger partial charge in [0, 0.05) is 18.5 Å². The van der Waals surface area contributed by atoms with Gasteiger partial charge in [-0.1, -0.05) is 25.1 Å². The lowest BCUT2D eigenvalue weighted by Gasteiger charge is -2.28. The van der Waals surface area contributed by atoms with Crippen LogP contribution < -0.4 is 20.9 Å². The van der Waals surface area contributed by atoms with Crippen molar-refractivity contribution in [3.63, 3.8) is 0 Å². The van der Waals surface area contributed by atoms with Gasteiger partial charge in [-0.15, -0.1) is 0 Å². The van der Waals surface area contributed by atoms with Crippen LogP contribution in [0.1, 0.15) is 31.9 Å². The largest absolute Gasteiger partial charge is 0.488 e. The van der Waals surface area contributed by atoms with Gasteiger partial charge in [0.15, 0.2) is 0 Å². The number of benzene rings is 1. The van der Waals surface area contributed by atoms with E-state index < -0.39 is 0 Å². The molecule has 1 heterocycles. The minimum absolute atomic E-state index is 0.117. The predicted octanol–water partition coefficient (Wildman–Crippen LogP) is 2.16. The Bertz CT molecular complexity index is 443. The average Bonchev–Trinajstić information content (AvgIpc) is 2.82. The number of hydrogen-bond acceptors (Lipinski definition) is 4. The van der Waals surface area contributed by atoms with Crippen LogP contribution in [0.3, 0.4) is 0 Å². The lowest BCUT2D eigenvalue weighted by atomic mass is 9.92. The lowest BCUT2D eigenvalue weighted by Crippen LogP contribution is -2.45. The molecule has 0 saturated carbocycles. The minimum atomic E-state index is 0.117. The molecule has 21 heavy (non-hydrogen) atoms. The molecule has 0 aliphatic carbocycles. The first-order chi connectivity index (χ1) is 10.0. The number of para-hydroxylation sites is 1. The number of hydrazine groups is 1. The summed E-state index contributed by atoms with van der Waals surface area (Å²) in [5.41, 5.74) is 9.16. The van der Waals surface area contributed by atoms with Gasteiger partial charge >= 0.3 is 0 Å². The summed E-state index contributed by atoms with van der Waals surface area (Å²) in [6.07, 6.45) is 0.117. The van der Waals surface area contributed by atoms with Crippen molar-refractivity contribution in [3.05, 3.63) is 29.3 Å². The maximum Gasteiger partial charge on any atom is 0.125 e. The Kier molecular flexibility index (Phi) is 5.62. The number of ether oxygens (including phenoxy) is 1. The molecule has 0 aromatic heterocycles. The summed E-state index contributed by atoms with van der Waals surface area (Å²) >= 11 is 0. The third-order valence-corrected chi connectivity index (χ3v) is 4.43. The smallest absolute Gasteiger partial charge is 0.125 e. The second-order valence-corrected chi connectivity index (χ2v) is 6.12. The molecule has 0 spiro atoms. The SMILES string of the molecule is CCNCC1C(C)NNC1C(C)Oc1c(C)cccc1C. The molecular formula is C17H29N3O. The number of aryl methyl sites for hydroxylation is 2. The Morgan fingerprint density at radius 1 is 1.24 bits per heavy atom. The summed E-state index contributed by atoms with van der Waals surface area (Å²) < 4.78 is 6.29. The Balaban J connectivity index is 2.06. The van der Waals surface area contributed by atoms with Crippen LogP contribution in [0, 0.1) is 19.8 Å². The fraction of sp³-hybridized carbons (Fsp3) is 0.647. The van der Waals surface area contributed by atoms with Crippen molar-refractivity contribution >= 4 is 0 Å². The highest BCUT2D eigenvalue weighted by Gasteiger charge is 2.37. The monoisotopic (exact) mass is 291 g/mol. The Labute approximate surface area is 128 Å². The van der Waals surface area contributed by atoms with E-state index >= 15 is 0 Å². The molecule has 2 rings (SSSR count). The lowest BCUT2D eigenvalue weighted by molar-refractivity contribution is 0.151. The molecule has 0 amide bonds. The van der Waals surface area contributed by atoms with Crippen LogP contribution in [0.2, 0.25) is 0 Å². The second kappa shape index (κ2) is 7.25. The van der Waals surface area contributed by atoms with Crippen LogP contribution in [0.4, 0.5) is 0 Å². The highest BCUT2D eigenvalue weighted by atomic mass is 16.5. The summed E-state index contributed by atoms with van der Waals surface area (Å²) in [6, 6.07) is 7.03. The summed E-state index contributed by atoms with van der Waals surface area (Å²) in [4.78, 5) is 0. The van der Waals surface area contributed by atoms with Gasteiger partial charge in [-0.3, -0.25) is 10.9 Å². The summed E-state index contributed by atoms with van der Waals surface area (Å²) in [5, 5.41) is 3.46. The van der Waals surface area contributed by atoms with E-state index in [1.54, 1.807) is 0 Å². The van der Waals surface area contributed by atoms with Crippen LogP contribution in [0.15, 0.2) is 18.2 Å². The van der Waals surface area contributed by atoms with Crippen molar-refractivity contribution in [2.24, 2.45) is 5.92 Å². The third kappa shape index (κ3) is 3.76. The van der Waals surface area contributed by atoms with Gasteiger partial charge in [-0.25, -0.2) is 0 Å². The average molecular weight is 291 g/mol. The van der Waals surface area contributed by atoms with Gasteiger partial charge in [-0.05, 0) is 45.4 Å². The van der Waals surface area contributed by atoms with E-state index in [0.29, 0.717) is 18.0 Å². The van der Waals surface area contributed by atoms with Crippen molar-refractivity contribution in [1.82, 2.24) is 16.2 Å². The number of nitrogens with one attached hydrogen (secondary N) is 3. The summed E-state index contributed by atoms with van der Waals surface area (Å²) in [5.74, 6) is 1.54. The molecule has 1 aromatic rings. The molecule has 1 fully saturated rings. The van der Waals surface area contributed by atoms with E-state index in [1.165, 1.54) is 11.1 Å². The van der Waals surface area contributed by atoms with Gasteiger partial charge in [0.1, 0.15) is 11.9 Å². The van der Waals surface area contributed by atoms with Crippen molar-refractivity contribution in [3.8, 4) is 5.75 Å². The first-order valence-corrected chi connectivity index (χ1v) is 7.99. The van der Waals surface area contributed by atoms with E-state index in [0.717, 1.165) is 18.8 Å². The van der Waals surface area contributed by atoms with Crippen molar-refractivity contribution in [2.45, 2.75) is 52.8 Å². The van der Waals surface area contributed by atoms with Gasteiger partial charge < -0.3 is 10.1 Å². The second-order valence-electron chi connectivity index (χ2n) is 6.12. The van der Waals surface area contributed by atoms with Gasteiger partial charge in [-0.2, -0.15) is 0 Å². The van der Waals surface area contributed by atoms with Crippen molar-refractivity contribution in [2.75, 3.05) is 13.1 Å². The molecule has 1 saturated heterocycles. The van der Waals surface area contributed by atoms with Crippen LogP contribution >= 0.6 is 0 Å². The fourth-order valence-electron chi connectivity index (χ4n) is 3.08. The van der Waals surface area contributed by atoms with Crippen LogP contribution in [0.5, 0.6) is 5.75 Å². The molecule has 4 unspecified atom stereocenters. The van der Waals surface area contributed by atoms with Crippen molar-refractivity contribution < 1.29 is 4.74 Å². The van der Waals surface area contributed by atoms with Gasteiger partial charge in [0.2, 0.25) is 0 Å². The molecule has 4 heteroatoms. The topological polar surface area (TPSA) is 45.3 Å². The first kappa shape index (κ1) is 16.3. The fourth-order valence-corrected chi connectivity index (χ4v) is 3.08. The highest BCUT2D eigenvalue weighted by Crippen LogP contribution is 2.26. The van der Waals surface area contributed by atoms with Crippen molar-refractivity contribution in [1.29, 1.82) is 0 Å². The predicted molar refractivity (Wildman–Crippen MR) is 87.6 cm³/mol. The van der Waals surface area contributed by atoms with E-state index in [4.69, 9.17) is 4.74 Å². The molecule has 4 nitrogen and oxygen atoms in total. The molecule has 1 aliphatic heterocycles. The zero-order chi connectivity index (χ0) is 15.4. The maximum atomic E-state index is 6.29. The normalized spacial score (nSPS) is 26.8. The van der Waals surface area contributed by atoms with E-state index in [1.807, 2.05) is 0 Å². The Morgan fingerprint density at radius 2 is 1.90 bits per heavy atom. The van der Waals surface area contributed by atoms with Gasteiger partial charge in [0.25, 0.3) is 0 Å². The number of hydrogen-bond donors (Lipinski definition) is 3. The first-order valence-electron chi connectivity index (χ1n) is 7.99. The summed E-state index contributed by atoms with van der Waals surface area (Å²) in [7, 11) is 0. The Morgan fingerprint density at radius 3 is 2.52 bits per heavy atom. The number of rotatable bonds is 6. The standard InChI is InChI=1S/C17H29N3O/c1-6-18-10-15-13(4)19-20-16(15)14(5)21-17-11(2)8-7-9-12(17)3/h7-9,13-16,18-20H,6,10H2,1-5H3. The minimum Gasteiger partial charge on any atom is -0.488 e. The van der Waals surface area contributed by atoms with Crippen LogP contribution in [-0.2, 0) is 0 Å². The molecule has 1 aliphatic rings. The molecule has 0 radical (unpaired) electrons. The van der Waals surface area contributed by atoms with Crippen LogP contribution in [0.25, 0.3) is 0 Å². The summed E-state index contributed by atoms with van der Waals surface area (Å²) in [6.45, 7) is 12.7. The van der Waals surface area contributed by atoms with E-state index in [9.17, 15) is 0 Å².